The zero-order valence-corrected chi connectivity index (χ0v) is 16.4. The Balaban J connectivity index is 1.93. The highest BCUT2D eigenvalue weighted by molar-refractivity contribution is 7.14. The number of hydrogen-bond donors (Lipinski definition) is 2. The van der Waals surface area contributed by atoms with Gasteiger partial charge in [-0.1, -0.05) is 25.1 Å². The van der Waals surface area contributed by atoms with Crippen LogP contribution >= 0.6 is 11.3 Å². The summed E-state index contributed by atoms with van der Waals surface area (Å²) in [6.07, 6.45) is 0.749. The SMILES string of the molecule is CC[C@](C)(CC(=O)OC)NC(=O)Cc1csc(NC(=O)c2ccccc2)n1. The van der Waals surface area contributed by atoms with E-state index in [0.717, 1.165) is 0 Å². The van der Waals surface area contributed by atoms with Gasteiger partial charge >= 0.3 is 5.97 Å². The molecule has 1 atom stereocenters. The van der Waals surface area contributed by atoms with Crippen molar-refractivity contribution in [1.82, 2.24) is 10.3 Å². The van der Waals surface area contributed by atoms with Gasteiger partial charge in [-0.25, -0.2) is 4.98 Å². The van der Waals surface area contributed by atoms with Gasteiger partial charge < -0.3 is 10.1 Å². The van der Waals surface area contributed by atoms with Crippen molar-refractivity contribution < 1.29 is 19.1 Å². The predicted octanol–water partition coefficient (Wildman–Crippen LogP) is 2.79. The normalized spacial score (nSPS) is 12.7. The lowest BCUT2D eigenvalue weighted by Gasteiger charge is -2.28. The van der Waals surface area contributed by atoms with Crippen LogP contribution in [0.2, 0.25) is 0 Å². The highest BCUT2D eigenvalue weighted by Crippen LogP contribution is 2.19. The number of ether oxygens (including phenoxy) is 1. The number of methoxy groups -OCH3 is 1. The van der Waals surface area contributed by atoms with E-state index >= 15 is 0 Å². The summed E-state index contributed by atoms with van der Waals surface area (Å²) < 4.78 is 4.68. The van der Waals surface area contributed by atoms with Crippen LogP contribution < -0.4 is 10.6 Å². The number of benzene rings is 1. The van der Waals surface area contributed by atoms with E-state index in [1.165, 1.54) is 18.4 Å². The van der Waals surface area contributed by atoms with Crippen molar-refractivity contribution in [1.29, 1.82) is 0 Å². The molecule has 2 rings (SSSR count). The Morgan fingerprint density at radius 3 is 2.56 bits per heavy atom. The number of nitrogens with zero attached hydrogens (tertiary/aromatic N) is 1. The van der Waals surface area contributed by atoms with Crippen molar-refractivity contribution in [3.05, 3.63) is 47.0 Å². The van der Waals surface area contributed by atoms with Crippen LogP contribution in [0.1, 0.15) is 42.7 Å². The first-order chi connectivity index (χ1) is 12.8. The van der Waals surface area contributed by atoms with Gasteiger partial charge in [-0.2, -0.15) is 0 Å². The number of esters is 1. The first kappa shape index (κ1) is 20.6. The first-order valence-electron chi connectivity index (χ1n) is 8.54. The molecule has 0 bridgehead atoms. The Kier molecular flexibility index (Phi) is 7.06. The summed E-state index contributed by atoms with van der Waals surface area (Å²) in [5, 5.41) is 7.75. The van der Waals surface area contributed by atoms with Gasteiger partial charge in [-0.15, -0.1) is 11.3 Å². The van der Waals surface area contributed by atoms with Gasteiger partial charge in [0.1, 0.15) is 0 Å². The lowest BCUT2D eigenvalue weighted by atomic mass is 9.94. The summed E-state index contributed by atoms with van der Waals surface area (Å²) in [5.41, 5.74) is 0.413. The van der Waals surface area contributed by atoms with E-state index in [4.69, 9.17) is 0 Å². The summed E-state index contributed by atoms with van der Waals surface area (Å²) in [6, 6.07) is 8.83. The van der Waals surface area contributed by atoms with E-state index < -0.39 is 5.54 Å². The Morgan fingerprint density at radius 1 is 1.22 bits per heavy atom. The molecule has 7 nitrogen and oxygen atoms in total. The number of rotatable bonds is 8. The fourth-order valence-electron chi connectivity index (χ4n) is 2.40. The number of amides is 2. The lowest BCUT2D eigenvalue weighted by molar-refractivity contribution is -0.142. The summed E-state index contributed by atoms with van der Waals surface area (Å²) >= 11 is 1.26. The van der Waals surface area contributed by atoms with Gasteiger partial charge in [-0.3, -0.25) is 19.7 Å². The molecule has 2 amide bonds. The minimum absolute atomic E-state index is 0.0640. The van der Waals surface area contributed by atoms with Crippen molar-refractivity contribution in [2.75, 3.05) is 12.4 Å². The first-order valence-corrected chi connectivity index (χ1v) is 9.42. The molecule has 0 saturated heterocycles. The number of carbonyl (C=O) groups is 3. The molecule has 2 aromatic rings. The minimum atomic E-state index is -0.676. The molecule has 1 aromatic heterocycles. The van der Waals surface area contributed by atoms with E-state index in [0.29, 0.717) is 22.8 Å². The number of thiazole rings is 1. The van der Waals surface area contributed by atoms with E-state index in [1.54, 1.807) is 36.6 Å². The third-order valence-corrected chi connectivity index (χ3v) is 4.94. The molecule has 0 aliphatic heterocycles. The molecule has 27 heavy (non-hydrogen) atoms. The number of anilines is 1. The van der Waals surface area contributed by atoms with Crippen LogP contribution in [0.5, 0.6) is 0 Å². The Labute approximate surface area is 162 Å². The summed E-state index contributed by atoms with van der Waals surface area (Å²) in [7, 11) is 1.32. The monoisotopic (exact) mass is 389 g/mol. The van der Waals surface area contributed by atoms with Crippen LogP contribution in [0, 0.1) is 0 Å². The fourth-order valence-corrected chi connectivity index (χ4v) is 3.10. The van der Waals surface area contributed by atoms with Crippen molar-refractivity contribution in [2.24, 2.45) is 0 Å². The quantitative estimate of drug-likeness (QED) is 0.677. The zero-order chi connectivity index (χ0) is 19.9. The van der Waals surface area contributed by atoms with E-state index in [2.05, 4.69) is 20.4 Å². The van der Waals surface area contributed by atoms with E-state index in [1.807, 2.05) is 13.0 Å². The summed E-state index contributed by atoms with van der Waals surface area (Å²) in [6.45, 7) is 3.69. The molecule has 8 heteroatoms. The minimum Gasteiger partial charge on any atom is -0.469 e. The molecule has 0 aliphatic rings. The van der Waals surface area contributed by atoms with Crippen LogP contribution in [0.25, 0.3) is 0 Å². The second-order valence-corrected chi connectivity index (χ2v) is 7.21. The van der Waals surface area contributed by atoms with Crippen LogP contribution in [-0.2, 0) is 20.7 Å². The molecule has 2 N–H and O–H groups in total. The fraction of sp³-hybridized carbons (Fsp3) is 0.368. The van der Waals surface area contributed by atoms with Crippen molar-refractivity contribution >= 4 is 34.3 Å². The van der Waals surface area contributed by atoms with E-state index in [9.17, 15) is 14.4 Å². The number of aromatic nitrogens is 1. The van der Waals surface area contributed by atoms with E-state index in [-0.39, 0.29) is 30.6 Å². The van der Waals surface area contributed by atoms with Crippen LogP contribution in [0.3, 0.4) is 0 Å². The van der Waals surface area contributed by atoms with Gasteiger partial charge in [0, 0.05) is 16.5 Å². The predicted molar refractivity (Wildman–Crippen MR) is 104 cm³/mol. The molecule has 144 valence electrons. The van der Waals surface area contributed by atoms with Gasteiger partial charge in [0.25, 0.3) is 5.91 Å². The molecular formula is C19H23N3O4S. The third kappa shape index (κ3) is 6.18. The van der Waals surface area contributed by atoms with Crippen molar-refractivity contribution in [2.45, 2.75) is 38.6 Å². The third-order valence-electron chi connectivity index (χ3n) is 4.13. The molecule has 1 heterocycles. The maximum absolute atomic E-state index is 12.3. The molecule has 0 radical (unpaired) electrons. The highest BCUT2D eigenvalue weighted by atomic mass is 32.1. The van der Waals surface area contributed by atoms with Crippen LogP contribution in [0.15, 0.2) is 35.7 Å². The average Bonchev–Trinajstić information content (AvgIpc) is 3.08. The Bertz CT molecular complexity index is 806. The number of nitrogens with one attached hydrogen (secondary N) is 2. The standard InChI is InChI=1S/C19H23N3O4S/c1-4-19(2,11-16(24)26-3)22-15(23)10-14-12-27-18(20-14)21-17(25)13-8-6-5-7-9-13/h5-9,12H,4,10-11H2,1-3H3,(H,22,23)(H,20,21,25)/t19-/m1/s1. The summed E-state index contributed by atoms with van der Waals surface area (Å²) in [5.74, 6) is -0.869. The number of hydrogen-bond acceptors (Lipinski definition) is 6. The van der Waals surface area contributed by atoms with Gasteiger partial charge in [0.2, 0.25) is 5.91 Å². The Hall–Kier alpha value is -2.74. The van der Waals surface area contributed by atoms with Crippen molar-refractivity contribution in [3.63, 3.8) is 0 Å². The van der Waals surface area contributed by atoms with Gasteiger partial charge in [0.15, 0.2) is 5.13 Å². The van der Waals surface area contributed by atoms with Gasteiger partial charge in [-0.05, 0) is 25.5 Å². The second-order valence-electron chi connectivity index (χ2n) is 6.36. The van der Waals surface area contributed by atoms with Crippen LogP contribution in [-0.4, -0.2) is 35.4 Å². The topological polar surface area (TPSA) is 97.4 Å². The van der Waals surface area contributed by atoms with Crippen molar-refractivity contribution in [3.8, 4) is 0 Å². The second kappa shape index (κ2) is 9.27. The number of carbonyl (C=O) groups excluding carboxylic acids is 3. The molecule has 0 aliphatic carbocycles. The molecule has 0 fully saturated rings. The largest absolute Gasteiger partial charge is 0.469 e. The molecule has 1 aromatic carbocycles. The Morgan fingerprint density at radius 2 is 1.93 bits per heavy atom. The summed E-state index contributed by atoms with van der Waals surface area (Å²) in [4.78, 5) is 40.3. The molecule has 0 spiro atoms. The van der Waals surface area contributed by atoms with Gasteiger partial charge in [0.05, 0.1) is 25.6 Å². The smallest absolute Gasteiger partial charge is 0.307 e. The maximum atomic E-state index is 12.3. The maximum Gasteiger partial charge on any atom is 0.307 e. The zero-order valence-electron chi connectivity index (χ0n) is 15.6. The highest BCUT2D eigenvalue weighted by Gasteiger charge is 2.28. The molecule has 0 saturated carbocycles. The molecular weight excluding hydrogens is 366 g/mol. The average molecular weight is 389 g/mol. The van der Waals surface area contributed by atoms with Crippen LogP contribution in [0.4, 0.5) is 5.13 Å². The molecule has 0 unspecified atom stereocenters. The lowest BCUT2D eigenvalue weighted by Crippen LogP contribution is -2.47.